The summed E-state index contributed by atoms with van der Waals surface area (Å²) >= 11 is 0. The van der Waals surface area contributed by atoms with Gasteiger partial charge in [0.05, 0.1) is 0 Å². The summed E-state index contributed by atoms with van der Waals surface area (Å²) in [5, 5.41) is 10.4. The second-order valence-corrected chi connectivity index (χ2v) is 3.20. The first-order valence-electron chi connectivity index (χ1n) is 3.07. The second kappa shape index (κ2) is 4.79. The molecule has 0 spiro atoms. The molecule has 0 aromatic heterocycles. The lowest BCUT2D eigenvalue weighted by Gasteiger charge is -2.05. The normalized spacial score (nSPS) is 13.3. The summed E-state index contributed by atoms with van der Waals surface area (Å²) in [5.74, 6) is -1.86. The van der Waals surface area contributed by atoms with Crippen molar-refractivity contribution in [3.63, 3.8) is 0 Å². The molecule has 0 bridgehead atoms. The maximum absolute atomic E-state index is 10.4. The van der Waals surface area contributed by atoms with Crippen LogP contribution < -0.4 is 5.32 Å². The van der Waals surface area contributed by atoms with Gasteiger partial charge >= 0.3 is 14.0 Å². The van der Waals surface area contributed by atoms with E-state index in [2.05, 4.69) is 0 Å². The van der Waals surface area contributed by atoms with Gasteiger partial charge in [0, 0.05) is 6.92 Å². The van der Waals surface area contributed by atoms with E-state index >= 15 is 0 Å². The van der Waals surface area contributed by atoms with Crippen LogP contribution in [0.5, 0.6) is 0 Å². The summed E-state index contributed by atoms with van der Waals surface area (Å²) in [6, 6.07) is -1.28. The highest BCUT2D eigenvalue weighted by Crippen LogP contribution is 2.13. The first-order valence-corrected chi connectivity index (χ1v) is 4.46. The molecule has 12 heavy (non-hydrogen) atoms. The van der Waals surface area contributed by atoms with E-state index < -0.39 is 32.1 Å². The fourth-order valence-electron chi connectivity index (χ4n) is 0.587. The summed E-state index contributed by atoms with van der Waals surface area (Å²) in [6.45, 7) is 1.14. The average Bonchev–Trinajstić information content (AvgIpc) is 1.83. The highest BCUT2D eigenvalue weighted by molar-refractivity contribution is 7.38. The molecule has 0 saturated heterocycles. The second-order valence-electron chi connectivity index (χ2n) is 2.13. The molecule has 68 valence electrons. The van der Waals surface area contributed by atoms with Crippen LogP contribution in [-0.4, -0.2) is 34.1 Å². The number of carboxylic acids is 1. The lowest BCUT2D eigenvalue weighted by Crippen LogP contribution is -2.41. The summed E-state index contributed by atoms with van der Waals surface area (Å²) in [5.41, 5.74) is 0. The minimum Gasteiger partial charge on any atom is -0.480 e. The third-order valence-electron chi connectivity index (χ3n) is 1.01. The molecule has 0 rings (SSSR count). The number of carboxylic acid groups (broad SMARTS) is 1. The van der Waals surface area contributed by atoms with Crippen LogP contribution in [0.4, 0.5) is 0 Å². The third-order valence-corrected chi connectivity index (χ3v) is 1.69. The van der Waals surface area contributed by atoms with E-state index in [9.17, 15) is 14.2 Å². The van der Waals surface area contributed by atoms with E-state index in [0.717, 1.165) is 6.92 Å². The van der Waals surface area contributed by atoms with Crippen LogP contribution in [0.3, 0.4) is 0 Å². The Morgan fingerprint density at radius 1 is 1.58 bits per heavy atom. The van der Waals surface area contributed by atoms with E-state index in [1.54, 1.807) is 0 Å². The molecule has 0 heterocycles. The van der Waals surface area contributed by atoms with Gasteiger partial charge in [-0.25, -0.2) is 4.79 Å². The first kappa shape index (κ1) is 11.0. The number of carbonyl (C=O) groups excluding carboxylic acids is 1. The van der Waals surface area contributed by atoms with Crippen LogP contribution in [-0.2, 0) is 14.2 Å². The SMILES string of the molecule is CC(=O)N[C@@H](C[P+](=O)O)C(=O)O. The highest BCUT2D eigenvalue weighted by Gasteiger charge is 2.28. The molecule has 0 aliphatic rings. The van der Waals surface area contributed by atoms with Crippen molar-refractivity contribution in [2.75, 3.05) is 6.16 Å². The molecule has 1 amide bonds. The Hall–Kier alpha value is -1.00. The molecule has 1 unspecified atom stereocenters. The maximum Gasteiger partial charge on any atom is 0.508 e. The van der Waals surface area contributed by atoms with Gasteiger partial charge in [-0.3, -0.25) is 4.79 Å². The number of rotatable bonds is 4. The maximum atomic E-state index is 10.4. The minimum absolute atomic E-state index is 0.468. The van der Waals surface area contributed by atoms with Gasteiger partial charge in [0.25, 0.3) is 0 Å². The van der Waals surface area contributed by atoms with E-state index in [-0.39, 0.29) is 0 Å². The molecule has 0 aliphatic carbocycles. The number of hydrogen-bond acceptors (Lipinski definition) is 3. The first-order chi connectivity index (χ1) is 5.43. The molecule has 7 heteroatoms. The van der Waals surface area contributed by atoms with Crippen LogP contribution in [0.15, 0.2) is 0 Å². The van der Waals surface area contributed by atoms with Crippen molar-refractivity contribution in [1.82, 2.24) is 5.32 Å². The van der Waals surface area contributed by atoms with Gasteiger partial charge in [0.15, 0.2) is 6.04 Å². The van der Waals surface area contributed by atoms with Crippen LogP contribution >= 0.6 is 8.03 Å². The van der Waals surface area contributed by atoms with Gasteiger partial charge in [0.2, 0.25) is 12.1 Å². The monoisotopic (exact) mass is 194 g/mol. The van der Waals surface area contributed by atoms with Crippen molar-refractivity contribution in [3.05, 3.63) is 0 Å². The van der Waals surface area contributed by atoms with Gasteiger partial charge in [-0.05, 0) is 4.57 Å². The van der Waals surface area contributed by atoms with Crippen molar-refractivity contribution in [1.29, 1.82) is 0 Å². The molecule has 3 N–H and O–H groups in total. The Morgan fingerprint density at radius 3 is 2.33 bits per heavy atom. The molecule has 0 aromatic carbocycles. The van der Waals surface area contributed by atoms with Crippen molar-refractivity contribution in [2.24, 2.45) is 0 Å². The van der Waals surface area contributed by atoms with Gasteiger partial charge in [-0.2, -0.15) is 4.89 Å². The van der Waals surface area contributed by atoms with Gasteiger partial charge in [0.1, 0.15) is 0 Å². The van der Waals surface area contributed by atoms with Crippen LogP contribution in [0.2, 0.25) is 0 Å². The summed E-state index contributed by atoms with van der Waals surface area (Å²) < 4.78 is 10.2. The Balaban J connectivity index is 4.14. The van der Waals surface area contributed by atoms with E-state index in [0.29, 0.717) is 0 Å². The zero-order valence-electron chi connectivity index (χ0n) is 6.35. The number of amides is 1. The topological polar surface area (TPSA) is 104 Å². The lowest BCUT2D eigenvalue weighted by atomic mass is 10.3. The molecule has 6 nitrogen and oxygen atoms in total. The van der Waals surface area contributed by atoms with E-state index in [4.69, 9.17) is 10.00 Å². The van der Waals surface area contributed by atoms with Crippen molar-refractivity contribution >= 4 is 19.9 Å². The molecule has 0 aliphatic heterocycles. The van der Waals surface area contributed by atoms with Crippen molar-refractivity contribution in [2.45, 2.75) is 13.0 Å². The van der Waals surface area contributed by atoms with E-state index in [1.165, 1.54) is 0 Å². The van der Waals surface area contributed by atoms with Gasteiger partial charge < -0.3 is 10.4 Å². The number of hydrogen-bond donors (Lipinski definition) is 3. The van der Waals surface area contributed by atoms with Crippen molar-refractivity contribution < 1.29 is 24.2 Å². The number of nitrogens with one attached hydrogen (secondary N) is 1. The number of aliphatic carboxylic acids is 1. The van der Waals surface area contributed by atoms with Gasteiger partial charge in [-0.1, -0.05) is 0 Å². The smallest absolute Gasteiger partial charge is 0.480 e. The molecule has 2 atom stereocenters. The van der Waals surface area contributed by atoms with E-state index in [1.807, 2.05) is 5.32 Å². The third kappa shape index (κ3) is 4.76. The molecule has 0 fully saturated rings. The summed E-state index contributed by atoms with van der Waals surface area (Å²) in [7, 11) is -2.55. The van der Waals surface area contributed by atoms with Crippen LogP contribution in [0.1, 0.15) is 6.92 Å². The van der Waals surface area contributed by atoms with Crippen molar-refractivity contribution in [3.8, 4) is 0 Å². The predicted octanol–water partition coefficient (Wildman–Crippen LogP) is -0.690. The largest absolute Gasteiger partial charge is 0.508 e. The molecule has 0 radical (unpaired) electrons. The predicted molar refractivity (Wildman–Crippen MR) is 39.9 cm³/mol. The quantitative estimate of drug-likeness (QED) is 0.514. The molecular formula is C5H9NO5P+. The molecular weight excluding hydrogens is 185 g/mol. The molecule has 0 aromatic rings. The standard InChI is InChI=1S/C5H8NO5P/c1-3(7)6-4(5(8)9)2-12(10)11/h4H,2H2,1H3,(H2-,6,7,8,9,10,11)/p+1/t4-/m0/s1. The highest BCUT2D eigenvalue weighted by atomic mass is 31.1. The zero-order valence-corrected chi connectivity index (χ0v) is 7.25. The fraction of sp³-hybridized carbons (Fsp3) is 0.600. The van der Waals surface area contributed by atoms with Crippen LogP contribution in [0.25, 0.3) is 0 Å². The fourth-order valence-corrected chi connectivity index (χ4v) is 1.15. The Bertz CT molecular complexity index is 200. The lowest BCUT2D eigenvalue weighted by molar-refractivity contribution is -0.140. The Kier molecular flexibility index (Phi) is 4.39. The van der Waals surface area contributed by atoms with Crippen LogP contribution in [0, 0.1) is 0 Å². The summed E-state index contributed by atoms with van der Waals surface area (Å²) in [4.78, 5) is 29.1. The average molecular weight is 194 g/mol. The Labute approximate surface area is 69.5 Å². The Morgan fingerprint density at radius 2 is 2.08 bits per heavy atom. The van der Waals surface area contributed by atoms with Gasteiger partial charge in [-0.15, -0.1) is 0 Å². The zero-order chi connectivity index (χ0) is 9.72. The molecule has 0 saturated carbocycles. The number of carbonyl (C=O) groups is 2. The minimum atomic E-state index is -2.55. The summed E-state index contributed by atoms with van der Waals surface area (Å²) in [6.07, 6.45) is -0.468.